The van der Waals surface area contributed by atoms with Crippen molar-refractivity contribution in [3.05, 3.63) is 32.8 Å². The second-order valence-corrected chi connectivity index (χ2v) is 4.28. The minimum atomic E-state index is 0.0381. The number of halogens is 3. The minimum Gasteiger partial charge on any atom is -0.328 e. The molecule has 1 atom stereocenters. The summed E-state index contributed by atoms with van der Waals surface area (Å²) in [6.45, 7) is 1.90. The molecule has 1 aromatic rings. The first kappa shape index (κ1) is 11.1. The maximum atomic E-state index is 5.95. The fourth-order valence-electron chi connectivity index (χ4n) is 1.09. The van der Waals surface area contributed by atoms with Crippen LogP contribution < -0.4 is 5.73 Å². The second kappa shape index (κ2) is 4.52. The van der Waals surface area contributed by atoms with E-state index >= 15 is 0 Å². The average molecular weight is 239 g/mol. The maximum absolute atomic E-state index is 5.95. The van der Waals surface area contributed by atoms with Gasteiger partial charge in [-0.25, -0.2) is 0 Å². The van der Waals surface area contributed by atoms with E-state index in [0.717, 1.165) is 5.56 Å². The first-order valence-electron chi connectivity index (χ1n) is 3.89. The van der Waals surface area contributed by atoms with Gasteiger partial charge >= 0.3 is 0 Å². The third-order valence-corrected chi connectivity index (χ3v) is 2.52. The molecule has 4 heteroatoms. The molecule has 1 rings (SSSR count). The monoisotopic (exact) mass is 237 g/mol. The van der Waals surface area contributed by atoms with Crippen LogP contribution in [0.5, 0.6) is 0 Å². The Hall–Kier alpha value is 0.0500. The molecular formula is C9H10Cl3N. The van der Waals surface area contributed by atoms with Crippen LogP contribution in [0.3, 0.4) is 0 Å². The number of rotatable bonds is 2. The Labute approximate surface area is 92.8 Å². The van der Waals surface area contributed by atoms with Gasteiger partial charge in [0.1, 0.15) is 0 Å². The lowest BCUT2D eigenvalue weighted by molar-refractivity contribution is 0.738. The predicted octanol–water partition coefficient (Wildman–Crippen LogP) is 3.54. The first-order chi connectivity index (χ1) is 6.00. The van der Waals surface area contributed by atoms with Crippen LogP contribution >= 0.6 is 34.8 Å². The van der Waals surface area contributed by atoms with E-state index in [1.165, 1.54) is 0 Å². The van der Waals surface area contributed by atoms with Crippen LogP contribution in [0.25, 0.3) is 0 Å². The van der Waals surface area contributed by atoms with E-state index in [0.29, 0.717) is 21.5 Å². The smallest absolute Gasteiger partial charge is 0.0468 e. The zero-order chi connectivity index (χ0) is 10.0. The summed E-state index contributed by atoms with van der Waals surface area (Å²) in [5, 5.41) is 1.70. The zero-order valence-corrected chi connectivity index (χ0v) is 9.42. The van der Waals surface area contributed by atoms with Gasteiger partial charge in [-0.05, 0) is 31.0 Å². The van der Waals surface area contributed by atoms with E-state index in [9.17, 15) is 0 Å². The van der Waals surface area contributed by atoms with Crippen molar-refractivity contribution in [2.24, 2.45) is 5.73 Å². The quantitative estimate of drug-likeness (QED) is 0.838. The van der Waals surface area contributed by atoms with Crippen LogP contribution in [0, 0.1) is 0 Å². The standard InChI is InChI=1S/C9H10Cl3N/c1-5(13)2-7-8(11)3-6(10)4-9(7)12/h3-5H,2,13H2,1H3/t5-/m1/s1. The largest absolute Gasteiger partial charge is 0.328 e. The van der Waals surface area contributed by atoms with Crippen molar-refractivity contribution in [1.29, 1.82) is 0 Å². The molecule has 0 bridgehead atoms. The molecule has 0 aromatic heterocycles. The topological polar surface area (TPSA) is 26.0 Å². The summed E-state index contributed by atoms with van der Waals surface area (Å²) in [6, 6.07) is 3.38. The third-order valence-electron chi connectivity index (χ3n) is 1.63. The van der Waals surface area contributed by atoms with Gasteiger partial charge in [0.2, 0.25) is 0 Å². The second-order valence-electron chi connectivity index (χ2n) is 3.03. The highest BCUT2D eigenvalue weighted by molar-refractivity contribution is 6.39. The summed E-state index contributed by atoms with van der Waals surface area (Å²) in [4.78, 5) is 0. The molecule has 1 nitrogen and oxygen atoms in total. The molecule has 0 spiro atoms. The van der Waals surface area contributed by atoms with Crippen LogP contribution in [0.4, 0.5) is 0 Å². The molecule has 0 heterocycles. The molecule has 0 amide bonds. The molecule has 0 fully saturated rings. The molecule has 0 aliphatic carbocycles. The van der Waals surface area contributed by atoms with Crippen molar-refractivity contribution in [2.75, 3.05) is 0 Å². The molecule has 13 heavy (non-hydrogen) atoms. The highest BCUT2D eigenvalue weighted by atomic mass is 35.5. The molecule has 0 aliphatic rings. The molecule has 0 aliphatic heterocycles. The van der Waals surface area contributed by atoms with Crippen LogP contribution in [0.1, 0.15) is 12.5 Å². The van der Waals surface area contributed by atoms with Gasteiger partial charge in [0.05, 0.1) is 0 Å². The van der Waals surface area contributed by atoms with Crippen molar-refractivity contribution in [3.63, 3.8) is 0 Å². The van der Waals surface area contributed by atoms with E-state index in [1.807, 2.05) is 6.92 Å². The number of hydrogen-bond donors (Lipinski definition) is 1. The summed E-state index contributed by atoms with van der Waals surface area (Å²) in [7, 11) is 0. The lowest BCUT2D eigenvalue weighted by Crippen LogP contribution is -2.18. The summed E-state index contributed by atoms with van der Waals surface area (Å²) in [6.07, 6.45) is 0.662. The molecule has 0 saturated carbocycles. The van der Waals surface area contributed by atoms with E-state index in [2.05, 4.69) is 0 Å². The van der Waals surface area contributed by atoms with Gasteiger partial charge in [-0.2, -0.15) is 0 Å². The molecule has 0 unspecified atom stereocenters. The molecule has 1 aromatic carbocycles. The Bertz CT molecular complexity index is 287. The third kappa shape index (κ3) is 3.03. The Morgan fingerprint density at radius 2 is 1.69 bits per heavy atom. The Balaban J connectivity index is 3.06. The van der Waals surface area contributed by atoms with Crippen molar-refractivity contribution in [2.45, 2.75) is 19.4 Å². The molecule has 2 N–H and O–H groups in total. The molecule has 72 valence electrons. The van der Waals surface area contributed by atoms with Crippen molar-refractivity contribution >= 4 is 34.8 Å². The lowest BCUT2D eigenvalue weighted by Gasteiger charge is -2.09. The Kier molecular flexibility index (Phi) is 3.87. The summed E-state index contributed by atoms with van der Waals surface area (Å²) >= 11 is 17.7. The highest BCUT2D eigenvalue weighted by Crippen LogP contribution is 2.29. The Morgan fingerprint density at radius 3 is 2.08 bits per heavy atom. The first-order valence-corrected chi connectivity index (χ1v) is 5.03. The van der Waals surface area contributed by atoms with Crippen molar-refractivity contribution in [3.8, 4) is 0 Å². The summed E-state index contributed by atoms with van der Waals surface area (Å²) in [5.74, 6) is 0. The van der Waals surface area contributed by atoms with Gasteiger partial charge in [0, 0.05) is 21.1 Å². The molecular weight excluding hydrogens is 228 g/mol. The predicted molar refractivity (Wildman–Crippen MR) is 58.8 cm³/mol. The average Bonchev–Trinajstić information content (AvgIpc) is 1.96. The zero-order valence-electron chi connectivity index (χ0n) is 7.15. The SMILES string of the molecule is C[C@@H](N)Cc1c(Cl)cc(Cl)cc1Cl. The van der Waals surface area contributed by atoms with Gasteiger partial charge in [-0.15, -0.1) is 0 Å². The molecule has 0 radical (unpaired) electrons. The van der Waals surface area contributed by atoms with Gasteiger partial charge in [0.15, 0.2) is 0 Å². The van der Waals surface area contributed by atoms with Gasteiger partial charge in [0.25, 0.3) is 0 Å². The van der Waals surface area contributed by atoms with Gasteiger partial charge < -0.3 is 5.73 Å². The Morgan fingerprint density at radius 1 is 1.23 bits per heavy atom. The minimum absolute atomic E-state index is 0.0381. The van der Waals surface area contributed by atoms with Gasteiger partial charge in [-0.1, -0.05) is 34.8 Å². The number of hydrogen-bond acceptors (Lipinski definition) is 1. The maximum Gasteiger partial charge on any atom is 0.0468 e. The van der Waals surface area contributed by atoms with Crippen molar-refractivity contribution in [1.82, 2.24) is 0 Å². The van der Waals surface area contributed by atoms with E-state index in [-0.39, 0.29) is 6.04 Å². The number of benzene rings is 1. The van der Waals surface area contributed by atoms with E-state index in [4.69, 9.17) is 40.5 Å². The number of nitrogens with two attached hydrogens (primary N) is 1. The molecule has 0 saturated heterocycles. The van der Waals surface area contributed by atoms with Crippen LogP contribution in [0.2, 0.25) is 15.1 Å². The van der Waals surface area contributed by atoms with E-state index in [1.54, 1.807) is 12.1 Å². The summed E-state index contributed by atoms with van der Waals surface area (Å²) in [5.41, 5.74) is 6.51. The fourth-order valence-corrected chi connectivity index (χ4v) is 2.06. The van der Waals surface area contributed by atoms with Crippen LogP contribution in [-0.2, 0) is 6.42 Å². The highest BCUT2D eigenvalue weighted by Gasteiger charge is 2.09. The van der Waals surface area contributed by atoms with Crippen molar-refractivity contribution < 1.29 is 0 Å². The summed E-state index contributed by atoms with van der Waals surface area (Å²) < 4.78 is 0. The van der Waals surface area contributed by atoms with Crippen LogP contribution in [0.15, 0.2) is 12.1 Å². The normalized spacial score (nSPS) is 13.0. The fraction of sp³-hybridized carbons (Fsp3) is 0.333. The van der Waals surface area contributed by atoms with Crippen LogP contribution in [-0.4, -0.2) is 6.04 Å². The lowest BCUT2D eigenvalue weighted by atomic mass is 10.1. The van der Waals surface area contributed by atoms with Gasteiger partial charge in [-0.3, -0.25) is 0 Å². The van der Waals surface area contributed by atoms with E-state index < -0.39 is 0 Å².